The van der Waals surface area contributed by atoms with Crippen molar-refractivity contribution >= 4 is 17.4 Å². The summed E-state index contributed by atoms with van der Waals surface area (Å²) < 4.78 is 5.39. The second-order valence-corrected chi connectivity index (χ2v) is 8.07. The van der Waals surface area contributed by atoms with Crippen LogP contribution < -0.4 is 11.1 Å². The van der Waals surface area contributed by atoms with Crippen molar-refractivity contribution in [2.24, 2.45) is 5.73 Å². The van der Waals surface area contributed by atoms with Crippen molar-refractivity contribution in [3.8, 4) is 11.1 Å². The van der Waals surface area contributed by atoms with Crippen LogP contribution in [0.25, 0.3) is 11.1 Å². The average Bonchev–Trinajstić information content (AvgIpc) is 2.81. The zero-order chi connectivity index (χ0) is 22.5. The smallest absolute Gasteiger partial charge is 0.248 e. The summed E-state index contributed by atoms with van der Waals surface area (Å²) in [6.07, 6.45) is 4.61. The minimum absolute atomic E-state index is 0.407. The molecule has 0 saturated carbocycles. The van der Waals surface area contributed by atoms with E-state index in [9.17, 15) is 4.79 Å². The second-order valence-electron chi connectivity index (χ2n) is 8.07. The molecule has 1 amide bonds. The van der Waals surface area contributed by atoms with Crippen LogP contribution in [0.2, 0.25) is 0 Å². The zero-order valence-electron chi connectivity index (χ0n) is 18.6. The molecule has 0 bridgehead atoms. The highest BCUT2D eigenvalue weighted by Gasteiger charge is 2.12. The number of ether oxygens (including phenoxy) is 1. The number of nitrogens with two attached hydrogens (primary N) is 1. The first-order valence-electron chi connectivity index (χ1n) is 10.9. The van der Waals surface area contributed by atoms with Crippen LogP contribution in [0.5, 0.6) is 0 Å². The quantitative estimate of drug-likeness (QED) is 0.595. The number of carbonyl (C=O) groups excluding carboxylic acids is 1. The van der Waals surface area contributed by atoms with Gasteiger partial charge >= 0.3 is 0 Å². The van der Waals surface area contributed by atoms with Crippen LogP contribution in [0, 0.1) is 13.8 Å². The number of rotatable bonds is 7. The van der Waals surface area contributed by atoms with Gasteiger partial charge < -0.3 is 15.8 Å². The fourth-order valence-electron chi connectivity index (χ4n) is 3.92. The van der Waals surface area contributed by atoms with Gasteiger partial charge in [0.2, 0.25) is 5.91 Å². The van der Waals surface area contributed by atoms with E-state index < -0.39 is 5.91 Å². The van der Waals surface area contributed by atoms with Crippen LogP contribution >= 0.6 is 0 Å². The number of morpholine rings is 1. The number of aromatic nitrogens is 2. The van der Waals surface area contributed by atoms with Crippen molar-refractivity contribution in [2.75, 3.05) is 38.2 Å². The van der Waals surface area contributed by atoms with E-state index >= 15 is 0 Å². The Kier molecular flexibility index (Phi) is 6.78. The Morgan fingerprint density at radius 2 is 1.84 bits per heavy atom. The summed E-state index contributed by atoms with van der Waals surface area (Å²) in [6.45, 7) is 8.55. The number of nitrogens with zero attached hydrogens (tertiary/aromatic N) is 3. The first-order chi connectivity index (χ1) is 15.5. The first-order valence-corrected chi connectivity index (χ1v) is 10.9. The topological polar surface area (TPSA) is 93.4 Å². The molecule has 0 radical (unpaired) electrons. The molecule has 0 unspecified atom stereocenters. The lowest BCUT2D eigenvalue weighted by Gasteiger charge is -2.26. The van der Waals surface area contributed by atoms with Crippen LogP contribution in [0.4, 0.5) is 11.5 Å². The summed E-state index contributed by atoms with van der Waals surface area (Å²) in [4.78, 5) is 23.1. The van der Waals surface area contributed by atoms with Gasteiger partial charge in [-0.2, -0.15) is 0 Å². The van der Waals surface area contributed by atoms with E-state index in [1.54, 1.807) is 6.07 Å². The van der Waals surface area contributed by atoms with Crippen LogP contribution in [-0.4, -0.2) is 53.6 Å². The van der Waals surface area contributed by atoms with Gasteiger partial charge in [0.1, 0.15) is 5.82 Å². The second kappa shape index (κ2) is 9.89. The van der Waals surface area contributed by atoms with E-state index in [0.29, 0.717) is 5.56 Å². The molecule has 4 rings (SSSR count). The van der Waals surface area contributed by atoms with E-state index in [0.717, 1.165) is 78.7 Å². The molecule has 3 heterocycles. The molecule has 32 heavy (non-hydrogen) atoms. The summed E-state index contributed by atoms with van der Waals surface area (Å²) in [5.74, 6) is 0.343. The van der Waals surface area contributed by atoms with E-state index in [-0.39, 0.29) is 0 Å². The number of anilines is 2. The number of amides is 1. The van der Waals surface area contributed by atoms with Crippen LogP contribution in [0.3, 0.4) is 0 Å². The number of hydrogen-bond donors (Lipinski definition) is 2. The van der Waals surface area contributed by atoms with Gasteiger partial charge in [0.05, 0.1) is 25.1 Å². The molecule has 1 aliphatic heterocycles. The Morgan fingerprint density at radius 3 is 2.50 bits per heavy atom. The fraction of sp³-hybridized carbons (Fsp3) is 0.320. The summed E-state index contributed by atoms with van der Waals surface area (Å²) in [5.41, 5.74) is 11.9. The Balaban J connectivity index is 1.38. The monoisotopic (exact) mass is 431 g/mol. The molecule has 3 N–H and O–H groups in total. The lowest BCUT2D eigenvalue weighted by atomic mass is 9.94. The number of carbonyl (C=O) groups is 1. The van der Waals surface area contributed by atoms with Crippen molar-refractivity contribution in [3.05, 3.63) is 71.2 Å². The van der Waals surface area contributed by atoms with Crippen LogP contribution in [0.15, 0.2) is 48.8 Å². The Morgan fingerprint density at radius 1 is 1.03 bits per heavy atom. The predicted octanol–water partition coefficient (Wildman–Crippen LogP) is 3.48. The molecule has 2 aromatic heterocycles. The van der Waals surface area contributed by atoms with Gasteiger partial charge in [0.25, 0.3) is 0 Å². The number of hydrogen-bond acceptors (Lipinski definition) is 6. The van der Waals surface area contributed by atoms with Crippen molar-refractivity contribution in [1.29, 1.82) is 0 Å². The molecule has 1 saturated heterocycles. The molecule has 0 spiro atoms. The standard InChI is InChI=1S/C25H29N5O2/c1-17-18(2)23(25(26)31)7-6-22(17)19-3-8-24(28-15-19)29-21-5-4-20(27-16-21)9-10-30-11-13-32-14-12-30/h3-8,15-16H,9-14H2,1-2H3,(H2,26,31)(H,28,29). The molecule has 1 aliphatic rings. The number of primary amides is 1. The van der Waals surface area contributed by atoms with Crippen molar-refractivity contribution in [3.63, 3.8) is 0 Å². The summed E-state index contributed by atoms with van der Waals surface area (Å²) in [6, 6.07) is 11.8. The highest BCUT2D eigenvalue weighted by molar-refractivity contribution is 5.95. The SMILES string of the molecule is Cc1c(C(N)=O)ccc(-c2ccc(Nc3ccc(CCN4CCOCC4)nc3)nc2)c1C. The predicted molar refractivity (Wildman–Crippen MR) is 126 cm³/mol. The highest BCUT2D eigenvalue weighted by Crippen LogP contribution is 2.28. The maximum atomic E-state index is 11.6. The van der Waals surface area contributed by atoms with Gasteiger partial charge in [-0.3, -0.25) is 14.7 Å². The molecule has 1 aromatic carbocycles. The largest absolute Gasteiger partial charge is 0.379 e. The van der Waals surface area contributed by atoms with Crippen molar-refractivity contribution < 1.29 is 9.53 Å². The number of benzene rings is 1. The van der Waals surface area contributed by atoms with Crippen LogP contribution in [-0.2, 0) is 11.2 Å². The van der Waals surface area contributed by atoms with Crippen molar-refractivity contribution in [2.45, 2.75) is 20.3 Å². The van der Waals surface area contributed by atoms with Gasteiger partial charge in [-0.25, -0.2) is 4.98 Å². The lowest BCUT2D eigenvalue weighted by molar-refractivity contribution is 0.0383. The van der Waals surface area contributed by atoms with Gasteiger partial charge in [-0.05, 0) is 60.9 Å². The van der Waals surface area contributed by atoms with Gasteiger partial charge in [0.15, 0.2) is 0 Å². The molecule has 0 aliphatic carbocycles. The molecule has 1 fully saturated rings. The summed E-state index contributed by atoms with van der Waals surface area (Å²) in [5, 5.41) is 3.30. The average molecular weight is 432 g/mol. The zero-order valence-corrected chi connectivity index (χ0v) is 18.6. The van der Waals surface area contributed by atoms with Crippen LogP contribution in [0.1, 0.15) is 27.2 Å². The Hall–Kier alpha value is -3.29. The first kappa shape index (κ1) is 21.9. The van der Waals surface area contributed by atoms with E-state index in [1.807, 2.05) is 50.5 Å². The normalized spacial score (nSPS) is 14.3. The third kappa shape index (κ3) is 5.12. The third-order valence-electron chi connectivity index (χ3n) is 6.01. The Bertz CT molecular complexity index is 1070. The maximum absolute atomic E-state index is 11.6. The van der Waals surface area contributed by atoms with Gasteiger partial charge in [-0.15, -0.1) is 0 Å². The molecule has 3 aromatic rings. The van der Waals surface area contributed by atoms with E-state index in [1.165, 1.54) is 0 Å². The molecule has 7 heteroatoms. The fourth-order valence-corrected chi connectivity index (χ4v) is 3.92. The minimum atomic E-state index is -0.407. The highest BCUT2D eigenvalue weighted by atomic mass is 16.5. The molecule has 7 nitrogen and oxygen atoms in total. The van der Waals surface area contributed by atoms with E-state index in [2.05, 4.69) is 26.3 Å². The number of nitrogens with one attached hydrogen (secondary N) is 1. The van der Waals surface area contributed by atoms with Crippen molar-refractivity contribution in [1.82, 2.24) is 14.9 Å². The molecule has 166 valence electrons. The maximum Gasteiger partial charge on any atom is 0.248 e. The lowest BCUT2D eigenvalue weighted by Crippen LogP contribution is -2.37. The minimum Gasteiger partial charge on any atom is -0.379 e. The van der Waals surface area contributed by atoms with Gasteiger partial charge in [-0.1, -0.05) is 6.07 Å². The molecular formula is C25H29N5O2. The Labute approximate surface area is 188 Å². The van der Waals surface area contributed by atoms with E-state index in [4.69, 9.17) is 10.5 Å². The molecule has 0 atom stereocenters. The number of pyridine rings is 2. The third-order valence-corrected chi connectivity index (χ3v) is 6.01. The summed E-state index contributed by atoms with van der Waals surface area (Å²) >= 11 is 0. The van der Waals surface area contributed by atoms with Gasteiger partial charge in [0, 0.05) is 49.1 Å². The summed E-state index contributed by atoms with van der Waals surface area (Å²) in [7, 11) is 0. The molecular weight excluding hydrogens is 402 g/mol.